The lowest BCUT2D eigenvalue weighted by molar-refractivity contribution is 0.302. The maximum Gasteiger partial charge on any atom is 0.148 e. The van der Waals surface area contributed by atoms with E-state index in [-0.39, 0.29) is 0 Å². The van der Waals surface area contributed by atoms with Crippen LogP contribution in [0.5, 0.6) is 5.75 Å². The predicted molar refractivity (Wildman–Crippen MR) is 111 cm³/mol. The van der Waals surface area contributed by atoms with E-state index >= 15 is 0 Å². The van der Waals surface area contributed by atoms with Gasteiger partial charge in [-0.2, -0.15) is 0 Å². The molecule has 4 rings (SSSR count). The maximum absolute atomic E-state index is 5.99. The van der Waals surface area contributed by atoms with Crippen LogP contribution in [0.1, 0.15) is 5.56 Å². The minimum absolute atomic E-state index is 0.526. The Balaban J connectivity index is 1.63. The summed E-state index contributed by atoms with van der Waals surface area (Å²) in [6.45, 7) is 0.526. The standard InChI is InChI=1S/C20H13Br2NOS/c21-15-10-14(20-23-17-8-4-5-9-18(17)25-20)11-16(22)19(15)24-12-13-6-2-1-3-7-13/h1-11H,12H2. The van der Waals surface area contributed by atoms with Crippen molar-refractivity contribution in [1.29, 1.82) is 0 Å². The number of rotatable bonds is 4. The average molecular weight is 475 g/mol. The zero-order chi connectivity index (χ0) is 17.2. The zero-order valence-corrected chi connectivity index (χ0v) is 17.1. The third-order valence-corrected chi connectivity index (χ3v) is 6.03. The molecule has 2 nitrogen and oxygen atoms in total. The quantitative estimate of drug-likeness (QED) is 0.315. The summed E-state index contributed by atoms with van der Waals surface area (Å²) in [6.07, 6.45) is 0. The molecule has 0 atom stereocenters. The number of hydrogen-bond acceptors (Lipinski definition) is 3. The van der Waals surface area contributed by atoms with Gasteiger partial charge < -0.3 is 4.74 Å². The molecule has 1 heterocycles. The Morgan fingerprint density at radius 1 is 0.880 bits per heavy atom. The monoisotopic (exact) mass is 473 g/mol. The number of thiazole rings is 1. The maximum atomic E-state index is 5.99. The van der Waals surface area contributed by atoms with E-state index < -0.39 is 0 Å². The first-order valence-corrected chi connectivity index (χ1v) is 10.1. The second kappa shape index (κ2) is 7.28. The second-order valence-corrected chi connectivity index (χ2v) is 8.27. The Labute approximate surface area is 166 Å². The van der Waals surface area contributed by atoms with Crippen LogP contribution in [0.4, 0.5) is 0 Å². The molecule has 5 heteroatoms. The normalized spacial score (nSPS) is 11.0. The molecule has 4 aromatic rings. The van der Waals surface area contributed by atoms with Gasteiger partial charge in [-0.05, 0) is 61.7 Å². The molecule has 0 saturated heterocycles. The number of fused-ring (bicyclic) bond motifs is 1. The van der Waals surface area contributed by atoms with E-state index in [0.717, 1.165) is 36.3 Å². The van der Waals surface area contributed by atoms with Crippen molar-refractivity contribution in [3.63, 3.8) is 0 Å². The van der Waals surface area contributed by atoms with Crippen molar-refractivity contribution in [3.8, 4) is 16.3 Å². The lowest BCUT2D eigenvalue weighted by Gasteiger charge is -2.11. The summed E-state index contributed by atoms with van der Waals surface area (Å²) < 4.78 is 9.00. The molecular formula is C20H13Br2NOS. The molecule has 3 aromatic carbocycles. The second-order valence-electron chi connectivity index (χ2n) is 5.53. The molecule has 124 valence electrons. The van der Waals surface area contributed by atoms with Crippen molar-refractivity contribution in [1.82, 2.24) is 4.98 Å². The van der Waals surface area contributed by atoms with Gasteiger partial charge in [0.1, 0.15) is 17.4 Å². The van der Waals surface area contributed by atoms with Gasteiger partial charge in [0.2, 0.25) is 0 Å². The lowest BCUT2D eigenvalue weighted by atomic mass is 10.2. The molecule has 0 aliphatic carbocycles. The van der Waals surface area contributed by atoms with Gasteiger partial charge in [-0.3, -0.25) is 0 Å². The van der Waals surface area contributed by atoms with Gasteiger partial charge in [0.15, 0.2) is 0 Å². The zero-order valence-electron chi connectivity index (χ0n) is 13.1. The molecule has 0 spiro atoms. The molecule has 1 aromatic heterocycles. The highest BCUT2D eigenvalue weighted by Gasteiger charge is 2.13. The Bertz CT molecular complexity index is 974. The van der Waals surface area contributed by atoms with Gasteiger partial charge in [-0.25, -0.2) is 4.98 Å². The number of benzene rings is 3. The van der Waals surface area contributed by atoms with Crippen LogP contribution in [0.25, 0.3) is 20.8 Å². The van der Waals surface area contributed by atoms with Crippen molar-refractivity contribution >= 4 is 53.4 Å². The molecule has 0 fully saturated rings. The van der Waals surface area contributed by atoms with E-state index in [4.69, 9.17) is 9.72 Å². The summed E-state index contributed by atoms with van der Waals surface area (Å²) >= 11 is 8.96. The molecule has 0 radical (unpaired) electrons. The van der Waals surface area contributed by atoms with Gasteiger partial charge in [0, 0.05) is 5.56 Å². The van der Waals surface area contributed by atoms with Gasteiger partial charge >= 0.3 is 0 Å². The highest BCUT2D eigenvalue weighted by molar-refractivity contribution is 9.11. The number of aromatic nitrogens is 1. The van der Waals surface area contributed by atoms with Crippen molar-refractivity contribution in [2.24, 2.45) is 0 Å². The summed E-state index contributed by atoms with van der Waals surface area (Å²) in [5, 5.41) is 0.997. The highest BCUT2D eigenvalue weighted by atomic mass is 79.9. The SMILES string of the molecule is Brc1cc(-c2nc3ccccc3s2)cc(Br)c1OCc1ccccc1. The number of ether oxygens (including phenoxy) is 1. The topological polar surface area (TPSA) is 22.1 Å². The van der Waals surface area contributed by atoms with Gasteiger partial charge in [0.05, 0.1) is 19.2 Å². The van der Waals surface area contributed by atoms with Crippen LogP contribution in [-0.2, 0) is 6.61 Å². The Hall–Kier alpha value is -1.69. The van der Waals surface area contributed by atoms with Crippen LogP contribution in [-0.4, -0.2) is 4.98 Å². The Kier molecular flexibility index (Phi) is 4.88. The fourth-order valence-electron chi connectivity index (χ4n) is 2.55. The molecule has 0 saturated carbocycles. The first-order valence-electron chi connectivity index (χ1n) is 7.72. The van der Waals surface area contributed by atoms with Crippen LogP contribution in [0, 0.1) is 0 Å². The van der Waals surface area contributed by atoms with Crippen LogP contribution < -0.4 is 4.74 Å². The summed E-state index contributed by atoms with van der Waals surface area (Å²) in [5.41, 5.74) is 3.22. The number of nitrogens with zero attached hydrogens (tertiary/aromatic N) is 1. The van der Waals surface area contributed by atoms with E-state index in [0.29, 0.717) is 6.61 Å². The molecule has 0 aliphatic heterocycles. The van der Waals surface area contributed by atoms with E-state index in [1.165, 1.54) is 4.70 Å². The van der Waals surface area contributed by atoms with Crippen molar-refractivity contribution in [3.05, 3.63) is 81.2 Å². The predicted octanol–water partition coefficient (Wildman–Crippen LogP) is 7.07. The van der Waals surface area contributed by atoms with E-state index in [1.807, 2.05) is 36.4 Å². The fraction of sp³-hybridized carbons (Fsp3) is 0.0500. The van der Waals surface area contributed by atoms with Crippen molar-refractivity contribution in [2.45, 2.75) is 6.61 Å². The molecule has 0 bridgehead atoms. The molecule has 0 aliphatic rings. The minimum atomic E-state index is 0.526. The third-order valence-electron chi connectivity index (χ3n) is 3.77. The summed E-state index contributed by atoms with van der Waals surface area (Å²) in [6, 6.07) is 22.4. The third kappa shape index (κ3) is 3.64. The number of para-hydroxylation sites is 1. The smallest absolute Gasteiger partial charge is 0.148 e. The number of hydrogen-bond donors (Lipinski definition) is 0. The number of halogens is 2. The van der Waals surface area contributed by atoms with Crippen LogP contribution in [0.15, 0.2) is 75.7 Å². The Morgan fingerprint density at radius 3 is 2.28 bits per heavy atom. The Morgan fingerprint density at radius 2 is 1.56 bits per heavy atom. The van der Waals surface area contributed by atoms with Gasteiger partial charge in [0.25, 0.3) is 0 Å². The summed E-state index contributed by atoms with van der Waals surface area (Å²) in [5.74, 6) is 0.800. The van der Waals surface area contributed by atoms with Gasteiger partial charge in [-0.1, -0.05) is 42.5 Å². The van der Waals surface area contributed by atoms with Crippen LogP contribution in [0.3, 0.4) is 0 Å². The van der Waals surface area contributed by atoms with E-state index in [2.05, 4.69) is 62.2 Å². The van der Waals surface area contributed by atoms with Crippen molar-refractivity contribution < 1.29 is 4.74 Å². The van der Waals surface area contributed by atoms with E-state index in [9.17, 15) is 0 Å². The summed E-state index contributed by atoms with van der Waals surface area (Å²) in [7, 11) is 0. The first-order chi connectivity index (χ1) is 12.2. The summed E-state index contributed by atoms with van der Waals surface area (Å²) in [4.78, 5) is 4.72. The molecular weight excluding hydrogens is 462 g/mol. The molecule has 0 N–H and O–H groups in total. The van der Waals surface area contributed by atoms with Crippen molar-refractivity contribution in [2.75, 3.05) is 0 Å². The fourth-order valence-corrected chi connectivity index (χ4v) is 4.91. The van der Waals surface area contributed by atoms with E-state index in [1.54, 1.807) is 11.3 Å². The molecule has 0 amide bonds. The lowest BCUT2D eigenvalue weighted by Crippen LogP contribution is -1.97. The van der Waals surface area contributed by atoms with Gasteiger partial charge in [-0.15, -0.1) is 11.3 Å². The van der Waals surface area contributed by atoms with Crippen LogP contribution >= 0.6 is 43.2 Å². The molecule has 25 heavy (non-hydrogen) atoms. The average Bonchev–Trinajstić information content (AvgIpc) is 3.06. The van der Waals surface area contributed by atoms with Crippen LogP contribution in [0.2, 0.25) is 0 Å². The molecule has 0 unspecified atom stereocenters. The largest absolute Gasteiger partial charge is 0.487 e. The minimum Gasteiger partial charge on any atom is -0.487 e. The first kappa shape index (κ1) is 16.8. The highest BCUT2D eigenvalue weighted by Crippen LogP contribution is 2.40.